The molecule has 0 radical (unpaired) electrons. The van der Waals surface area contributed by atoms with Crippen molar-refractivity contribution in [2.45, 2.75) is 44.6 Å². The van der Waals surface area contributed by atoms with Crippen molar-refractivity contribution in [1.82, 2.24) is 10.2 Å². The van der Waals surface area contributed by atoms with Gasteiger partial charge in [-0.15, -0.1) is 0 Å². The zero-order valence-corrected chi connectivity index (χ0v) is 17.1. The van der Waals surface area contributed by atoms with Crippen molar-refractivity contribution in [2.75, 3.05) is 26.7 Å². The van der Waals surface area contributed by atoms with Gasteiger partial charge in [0.15, 0.2) is 5.78 Å². The lowest BCUT2D eigenvalue weighted by Crippen LogP contribution is -2.38. The maximum absolute atomic E-state index is 12.4. The summed E-state index contributed by atoms with van der Waals surface area (Å²) < 4.78 is 10.8. The van der Waals surface area contributed by atoms with Gasteiger partial charge in [-0.25, -0.2) is 0 Å². The summed E-state index contributed by atoms with van der Waals surface area (Å²) in [7, 11) is 1.57. The number of amides is 1. The molecule has 1 saturated heterocycles. The number of ketones is 1. The number of Topliss-reactive ketones (excluding diaryl/α,β-unsaturated/α-hetero) is 1. The van der Waals surface area contributed by atoms with E-state index in [9.17, 15) is 9.59 Å². The average Bonchev–Trinajstić information content (AvgIpc) is 3.15. The molecule has 2 heterocycles. The second-order valence-corrected chi connectivity index (χ2v) is 7.44. The van der Waals surface area contributed by atoms with Gasteiger partial charge in [-0.3, -0.25) is 14.5 Å². The van der Waals surface area contributed by atoms with Crippen molar-refractivity contribution in [3.63, 3.8) is 0 Å². The van der Waals surface area contributed by atoms with Crippen LogP contribution in [0.4, 0.5) is 0 Å². The first-order valence-corrected chi connectivity index (χ1v) is 10.4. The molecular weight excluding hydrogens is 368 g/mol. The van der Waals surface area contributed by atoms with Crippen molar-refractivity contribution < 1.29 is 18.7 Å². The summed E-state index contributed by atoms with van der Waals surface area (Å²) in [6, 6.07) is 10.9. The Kier molecular flexibility index (Phi) is 7.87. The molecule has 1 aliphatic rings. The van der Waals surface area contributed by atoms with Crippen molar-refractivity contribution in [1.29, 1.82) is 0 Å². The molecule has 0 spiro atoms. The van der Waals surface area contributed by atoms with Crippen LogP contribution in [0.25, 0.3) is 0 Å². The van der Waals surface area contributed by atoms with Crippen LogP contribution in [-0.2, 0) is 4.79 Å². The van der Waals surface area contributed by atoms with E-state index in [1.54, 1.807) is 37.6 Å². The molecular formula is C23H30N2O4. The molecule has 6 nitrogen and oxygen atoms in total. The van der Waals surface area contributed by atoms with Crippen molar-refractivity contribution in [3.8, 4) is 5.75 Å². The van der Waals surface area contributed by atoms with Gasteiger partial charge < -0.3 is 14.5 Å². The quantitative estimate of drug-likeness (QED) is 0.647. The maximum atomic E-state index is 12.4. The summed E-state index contributed by atoms with van der Waals surface area (Å²) in [4.78, 5) is 27.2. The molecule has 1 aliphatic heterocycles. The van der Waals surface area contributed by atoms with Gasteiger partial charge >= 0.3 is 0 Å². The van der Waals surface area contributed by atoms with E-state index in [-0.39, 0.29) is 30.6 Å². The third-order valence-electron chi connectivity index (χ3n) is 5.42. The minimum Gasteiger partial charge on any atom is -0.497 e. The van der Waals surface area contributed by atoms with Crippen LogP contribution in [0.3, 0.4) is 0 Å². The van der Waals surface area contributed by atoms with Gasteiger partial charge in [0.05, 0.1) is 19.4 Å². The maximum Gasteiger partial charge on any atom is 0.220 e. The second kappa shape index (κ2) is 10.8. The number of methoxy groups -OCH3 is 1. The number of ether oxygens (including phenoxy) is 1. The van der Waals surface area contributed by atoms with Crippen LogP contribution in [0.2, 0.25) is 0 Å². The summed E-state index contributed by atoms with van der Waals surface area (Å²) in [6.07, 6.45) is 6.85. The van der Waals surface area contributed by atoms with E-state index in [1.807, 2.05) is 12.1 Å². The SMILES string of the molecule is COc1cccc(C(=O)CCC(=O)NCC(c2ccco2)N2CCCCCC2)c1. The molecule has 0 aliphatic carbocycles. The van der Waals surface area contributed by atoms with E-state index in [0.29, 0.717) is 17.9 Å². The molecule has 156 valence electrons. The number of rotatable bonds is 9. The number of nitrogens with zero attached hydrogens (tertiary/aromatic N) is 1. The van der Waals surface area contributed by atoms with Crippen LogP contribution in [0.15, 0.2) is 47.1 Å². The lowest BCUT2D eigenvalue weighted by Gasteiger charge is -2.29. The van der Waals surface area contributed by atoms with E-state index < -0.39 is 0 Å². The molecule has 1 fully saturated rings. The Balaban J connectivity index is 1.52. The van der Waals surface area contributed by atoms with E-state index in [4.69, 9.17) is 9.15 Å². The van der Waals surface area contributed by atoms with E-state index in [0.717, 1.165) is 18.8 Å². The first-order chi connectivity index (χ1) is 14.2. The summed E-state index contributed by atoms with van der Waals surface area (Å²) in [5.74, 6) is 1.33. The van der Waals surface area contributed by atoms with Crippen LogP contribution in [0, 0.1) is 0 Å². The number of hydrogen-bond donors (Lipinski definition) is 1. The van der Waals surface area contributed by atoms with Gasteiger partial charge in [0.1, 0.15) is 11.5 Å². The van der Waals surface area contributed by atoms with Gasteiger partial charge in [0, 0.05) is 24.9 Å². The van der Waals surface area contributed by atoms with Crippen LogP contribution < -0.4 is 10.1 Å². The highest BCUT2D eigenvalue weighted by Gasteiger charge is 2.24. The first kappa shape index (κ1) is 21.1. The summed E-state index contributed by atoms with van der Waals surface area (Å²) >= 11 is 0. The van der Waals surface area contributed by atoms with Gasteiger partial charge in [-0.1, -0.05) is 25.0 Å². The van der Waals surface area contributed by atoms with Crippen LogP contribution in [0.5, 0.6) is 5.75 Å². The number of benzene rings is 1. The Bertz CT molecular complexity index is 780. The second-order valence-electron chi connectivity index (χ2n) is 7.44. The predicted octanol–water partition coefficient (Wildman–Crippen LogP) is 3.98. The van der Waals surface area contributed by atoms with Gasteiger partial charge in [-0.2, -0.15) is 0 Å². The Morgan fingerprint density at radius 1 is 1.10 bits per heavy atom. The predicted molar refractivity (Wildman–Crippen MR) is 111 cm³/mol. The van der Waals surface area contributed by atoms with E-state index >= 15 is 0 Å². The Labute approximate surface area is 172 Å². The largest absolute Gasteiger partial charge is 0.497 e. The van der Waals surface area contributed by atoms with Crippen LogP contribution in [-0.4, -0.2) is 43.3 Å². The number of nitrogens with one attached hydrogen (secondary N) is 1. The van der Waals surface area contributed by atoms with Crippen molar-refractivity contribution >= 4 is 11.7 Å². The van der Waals surface area contributed by atoms with Crippen LogP contribution in [0.1, 0.15) is 60.7 Å². The zero-order valence-electron chi connectivity index (χ0n) is 17.1. The molecule has 1 N–H and O–H groups in total. The highest BCUT2D eigenvalue weighted by atomic mass is 16.5. The molecule has 29 heavy (non-hydrogen) atoms. The van der Waals surface area contributed by atoms with Crippen molar-refractivity contribution in [3.05, 3.63) is 54.0 Å². The molecule has 2 aromatic rings. The highest BCUT2D eigenvalue weighted by Crippen LogP contribution is 2.24. The highest BCUT2D eigenvalue weighted by molar-refractivity contribution is 5.98. The normalized spacial score (nSPS) is 16.0. The number of furan rings is 1. The van der Waals surface area contributed by atoms with Gasteiger partial charge in [0.25, 0.3) is 0 Å². The van der Waals surface area contributed by atoms with Gasteiger partial charge in [0.2, 0.25) is 5.91 Å². The summed E-state index contributed by atoms with van der Waals surface area (Å²) in [5.41, 5.74) is 0.565. The minimum atomic E-state index is -0.118. The number of carbonyl (C=O) groups is 2. The first-order valence-electron chi connectivity index (χ1n) is 10.4. The lowest BCUT2D eigenvalue weighted by atomic mass is 10.1. The molecule has 0 bridgehead atoms. The number of carbonyl (C=O) groups excluding carboxylic acids is 2. The average molecular weight is 399 g/mol. The zero-order chi connectivity index (χ0) is 20.5. The fourth-order valence-electron chi connectivity index (χ4n) is 3.76. The third-order valence-corrected chi connectivity index (χ3v) is 5.42. The third kappa shape index (κ3) is 6.19. The molecule has 1 atom stereocenters. The van der Waals surface area contributed by atoms with Crippen LogP contribution >= 0.6 is 0 Å². The standard InChI is InChI=1S/C23H30N2O4/c1-28-19-9-6-8-18(16-19)21(26)11-12-23(27)24-17-20(22-10-7-15-29-22)25-13-4-2-3-5-14-25/h6-10,15-16,20H,2-5,11-14,17H2,1H3,(H,24,27). The smallest absolute Gasteiger partial charge is 0.220 e. The fraction of sp³-hybridized carbons (Fsp3) is 0.478. The molecule has 1 aromatic carbocycles. The Hall–Kier alpha value is -2.60. The number of hydrogen-bond acceptors (Lipinski definition) is 5. The molecule has 3 rings (SSSR count). The topological polar surface area (TPSA) is 71.8 Å². The molecule has 1 unspecified atom stereocenters. The molecule has 6 heteroatoms. The van der Waals surface area contributed by atoms with E-state index in [2.05, 4.69) is 10.2 Å². The molecule has 1 aromatic heterocycles. The van der Waals surface area contributed by atoms with Crippen molar-refractivity contribution in [2.24, 2.45) is 0 Å². The summed E-state index contributed by atoms with van der Waals surface area (Å²) in [6.45, 7) is 2.50. The minimum absolute atomic E-state index is 0.0288. The Morgan fingerprint density at radius 3 is 2.59 bits per heavy atom. The fourth-order valence-corrected chi connectivity index (χ4v) is 3.76. The lowest BCUT2D eigenvalue weighted by molar-refractivity contribution is -0.121. The Morgan fingerprint density at radius 2 is 1.90 bits per heavy atom. The monoisotopic (exact) mass is 398 g/mol. The summed E-state index contributed by atoms with van der Waals surface area (Å²) in [5, 5.41) is 3.00. The molecule has 0 saturated carbocycles. The number of likely N-dealkylation sites (tertiary alicyclic amines) is 1. The van der Waals surface area contributed by atoms with Gasteiger partial charge in [-0.05, 0) is 50.2 Å². The van der Waals surface area contributed by atoms with E-state index in [1.165, 1.54) is 25.7 Å². The molecule has 1 amide bonds.